The summed E-state index contributed by atoms with van der Waals surface area (Å²) in [5.41, 5.74) is 0.949. The molecule has 19 heavy (non-hydrogen) atoms. The predicted molar refractivity (Wildman–Crippen MR) is 71.6 cm³/mol. The molecule has 1 atom stereocenters. The molecule has 1 aromatic heterocycles. The number of carbonyl (C=O) groups excluding carboxylic acids is 2. The maximum Gasteiger partial charge on any atom is 0.242 e. The SMILES string of the molecule is CN(C)c1ncccc1CNC(=O)C1CCC(=O)N1. The quantitative estimate of drug-likeness (QED) is 0.803. The molecule has 2 amide bonds. The first-order valence-electron chi connectivity index (χ1n) is 6.26. The smallest absolute Gasteiger partial charge is 0.242 e. The molecule has 2 heterocycles. The number of rotatable bonds is 4. The van der Waals surface area contributed by atoms with E-state index in [1.165, 1.54) is 0 Å². The summed E-state index contributed by atoms with van der Waals surface area (Å²) in [6.45, 7) is 0.409. The number of pyridine rings is 1. The second-order valence-corrected chi connectivity index (χ2v) is 4.76. The molecule has 1 unspecified atom stereocenters. The van der Waals surface area contributed by atoms with E-state index in [2.05, 4.69) is 15.6 Å². The van der Waals surface area contributed by atoms with Gasteiger partial charge >= 0.3 is 0 Å². The zero-order valence-corrected chi connectivity index (χ0v) is 11.1. The topological polar surface area (TPSA) is 74.3 Å². The van der Waals surface area contributed by atoms with Gasteiger partial charge in [0.1, 0.15) is 11.9 Å². The van der Waals surface area contributed by atoms with Crippen LogP contribution in [0.15, 0.2) is 18.3 Å². The number of aromatic nitrogens is 1. The Kier molecular flexibility index (Phi) is 3.99. The Labute approximate surface area is 112 Å². The lowest BCUT2D eigenvalue weighted by Crippen LogP contribution is -2.41. The van der Waals surface area contributed by atoms with Crippen LogP contribution in [-0.4, -0.2) is 36.9 Å². The summed E-state index contributed by atoms with van der Waals surface area (Å²) in [5, 5.41) is 5.49. The Morgan fingerprint density at radius 3 is 3.00 bits per heavy atom. The fourth-order valence-electron chi connectivity index (χ4n) is 2.09. The Bertz CT molecular complexity index is 487. The van der Waals surface area contributed by atoms with Crippen LogP contribution in [0.3, 0.4) is 0 Å². The summed E-state index contributed by atoms with van der Waals surface area (Å²) in [6.07, 6.45) is 2.71. The van der Waals surface area contributed by atoms with Gasteiger partial charge in [0.25, 0.3) is 0 Å². The normalized spacial score (nSPS) is 18.0. The number of anilines is 1. The van der Waals surface area contributed by atoms with E-state index in [1.807, 2.05) is 31.1 Å². The van der Waals surface area contributed by atoms with Gasteiger partial charge in [-0.25, -0.2) is 4.98 Å². The Hall–Kier alpha value is -2.11. The third-order valence-electron chi connectivity index (χ3n) is 3.06. The summed E-state index contributed by atoms with van der Waals surface area (Å²) < 4.78 is 0. The first-order valence-corrected chi connectivity index (χ1v) is 6.26. The predicted octanol–water partition coefficient (Wildman–Crippen LogP) is 0.0424. The van der Waals surface area contributed by atoms with Gasteiger partial charge < -0.3 is 15.5 Å². The zero-order valence-electron chi connectivity index (χ0n) is 11.1. The van der Waals surface area contributed by atoms with Crippen LogP contribution < -0.4 is 15.5 Å². The maximum atomic E-state index is 11.9. The standard InChI is InChI=1S/C13H18N4O2/c1-17(2)12-9(4-3-7-14-12)8-15-13(19)10-5-6-11(18)16-10/h3-4,7,10H,5-6,8H2,1-2H3,(H,15,19)(H,16,18). The van der Waals surface area contributed by atoms with Gasteiger partial charge in [-0.3, -0.25) is 9.59 Å². The van der Waals surface area contributed by atoms with Crippen molar-refractivity contribution in [2.45, 2.75) is 25.4 Å². The van der Waals surface area contributed by atoms with Crippen molar-refractivity contribution in [3.05, 3.63) is 23.9 Å². The fourth-order valence-corrected chi connectivity index (χ4v) is 2.09. The van der Waals surface area contributed by atoms with Crippen LogP contribution in [0.4, 0.5) is 5.82 Å². The van der Waals surface area contributed by atoms with Crippen LogP contribution in [0, 0.1) is 0 Å². The molecule has 1 aliphatic rings. The molecule has 1 aromatic rings. The van der Waals surface area contributed by atoms with Gasteiger partial charge in [-0.1, -0.05) is 6.07 Å². The molecule has 0 bridgehead atoms. The first-order chi connectivity index (χ1) is 9.08. The Balaban J connectivity index is 1.95. The lowest BCUT2D eigenvalue weighted by Gasteiger charge is -2.17. The number of nitrogens with zero attached hydrogens (tertiary/aromatic N) is 2. The highest BCUT2D eigenvalue weighted by Gasteiger charge is 2.26. The number of hydrogen-bond donors (Lipinski definition) is 2. The molecule has 0 radical (unpaired) electrons. The molecule has 2 rings (SSSR count). The first kappa shape index (κ1) is 13.3. The van der Waals surface area contributed by atoms with Crippen LogP contribution in [0.25, 0.3) is 0 Å². The molecule has 6 nitrogen and oxygen atoms in total. The van der Waals surface area contributed by atoms with E-state index in [4.69, 9.17) is 0 Å². The molecule has 0 spiro atoms. The van der Waals surface area contributed by atoms with Gasteiger partial charge in [-0.15, -0.1) is 0 Å². The highest BCUT2D eigenvalue weighted by Crippen LogP contribution is 2.14. The minimum absolute atomic E-state index is 0.0597. The van der Waals surface area contributed by atoms with Crippen molar-refractivity contribution >= 4 is 17.6 Å². The van der Waals surface area contributed by atoms with Crippen molar-refractivity contribution < 1.29 is 9.59 Å². The van der Waals surface area contributed by atoms with Gasteiger partial charge in [0.05, 0.1) is 0 Å². The number of carbonyl (C=O) groups is 2. The molecule has 102 valence electrons. The van der Waals surface area contributed by atoms with Crippen LogP contribution in [0.1, 0.15) is 18.4 Å². The monoisotopic (exact) mass is 262 g/mol. The lowest BCUT2D eigenvalue weighted by atomic mass is 10.2. The summed E-state index contributed by atoms with van der Waals surface area (Å²) >= 11 is 0. The van der Waals surface area contributed by atoms with Crippen molar-refractivity contribution in [1.29, 1.82) is 0 Å². The lowest BCUT2D eigenvalue weighted by molar-refractivity contribution is -0.125. The van der Waals surface area contributed by atoms with Crippen LogP contribution in [0.5, 0.6) is 0 Å². The highest BCUT2D eigenvalue weighted by atomic mass is 16.2. The van der Waals surface area contributed by atoms with E-state index in [0.717, 1.165) is 11.4 Å². The molecule has 0 aliphatic carbocycles. The van der Waals surface area contributed by atoms with Gasteiger partial charge in [0.2, 0.25) is 11.8 Å². The second kappa shape index (κ2) is 5.69. The summed E-state index contributed by atoms with van der Waals surface area (Å²) in [5.74, 6) is 0.633. The highest BCUT2D eigenvalue weighted by molar-refractivity contribution is 5.90. The van der Waals surface area contributed by atoms with E-state index in [0.29, 0.717) is 19.4 Å². The largest absolute Gasteiger partial charge is 0.362 e. The van der Waals surface area contributed by atoms with Gasteiger partial charge in [-0.05, 0) is 12.5 Å². The fraction of sp³-hybridized carbons (Fsp3) is 0.462. The van der Waals surface area contributed by atoms with E-state index in [9.17, 15) is 9.59 Å². The molecular weight excluding hydrogens is 244 g/mol. The molecular formula is C13H18N4O2. The van der Waals surface area contributed by atoms with Crippen molar-refractivity contribution in [2.75, 3.05) is 19.0 Å². The average molecular weight is 262 g/mol. The molecule has 0 saturated carbocycles. The minimum atomic E-state index is -0.396. The van der Waals surface area contributed by atoms with Crippen LogP contribution in [-0.2, 0) is 16.1 Å². The molecule has 0 aromatic carbocycles. The van der Waals surface area contributed by atoms with Gasteiger partial charge in [0, 0.05) is 38.8 Å². The van der Waals surface area contributed by atoms with Crippen LogP contribution in [0.2, 0.25) is 0 Å². The van der Waals surface area contributed by atoms with E-state index >= 15 is 0 Å². The second-order valence-electron chi connectivity index (χ2n) is 4.76. The minimum Gasteiger partial charge on any atom is -0.362 e. The van der Waals surface area contributed by atoms with E-state index in [-0.39, 0.29) is 11.8 Å². The van der Waals surface area contributed by atoms with Gasteiger partial charge in [0.15, 0.2) is 0 Å². The zero-order chi connectivity index (χ0) is 13.8. The number of nitrogens with one attached hydrogen (secondary N) is 2. The Morgan fingerprint density at radius 1 is 1.58 bits per heavy atom. The van der Waals surface area contributed by atoms with Crippen molar-refractivity contribution in [3.8, 4) is 0 Å². The number of hydrogen-bond acceptors (Lipinski definition) is 4. The van der Waals surface area contributed by atoms with Crippen molar-refractivity contribution in [2.24, 2.45) is 0 Å². The van der Waals surface area contributed by atoms with Gasteiger partial charge in [-0.2, -0.15) is 0 Å². The Morgan fingerprint density at radius 2 is 2.37 bits per heavy atom. The molecule has 1 aliphatic heterocycles. The number of amides is 2. The van der Waals surface area contributed by atoms with E-state index < -0.39 is 6.04 Å². The maximum absolute atomic E-state index is 11.9. The molecule has 2 N–H and O–H groups in total. The third kappa shape index (κ3) is 3.21. The third-order valence-corrected chi connectivity index (χ3v) is 3.06. The van der Waals surface area contributed by atoms with Crippen LogP contribution >= 0.6 is 0 Å². The van der Waals surface area contributed by atoms with E-state index in [1.54, 1.807) is 6.20 Å². The van der Waals surface area contributed by atoms with Crippen molar-refractivity contribution in [3.63, 3.8) is 0 Å². The average Bonchev–Trinajstić information content (AvgIpc) is 2.83. The van der Waals surface area contributed by atoms with Crippen molar-refractivity contribution in [1.82, 2.24) is 15.6 Å². The summed E-state index contributed by atoms with van der Waals surface area (Å²) in [6, 6.07) is 3.37. The molecule has 6 heteroatoms. The molecule has 1 fully saturated rings. The molecule has 1 saturated heterocycles. The summed E-state index contributed by atoms with van der Waals surface area (Å²) in [4.78, 5) is 29.1. The summed E-state index contributed by atoms with van der Waals surface area (Å²) in [7, 11) is 3.82.